The molecule has 1 aliphatic heterocycles. The maximum absolute atomic E-state index is 12.3. The zero-order valence-electron chi connectivity index (χ0n) is 15.2. The summed E-state index contributed by atoms with van der Waals surface area (Å²) in [6.45, 7) is 6.25. The van der Waals surface area contributed by atoms with Gasteiger partial charge in [-0.25, -0.2) is 0 Å². The molecule has 142 valence electrons. The van der Waals surface area contributed by atoms with Gasteiger partial charge >= 0.3 is 0 Å². The molecule has 27 heavy (non-hydrogen) atoms. The highest BCUT2D eigenvalue weighted by molar-refractivity contribution is 7.80. The third-order valence-electron chi connectivity index (χ3n) is 4.18. The molecule has 0 saturated carbocycles. The number of thiocarbonyl (C=S) groups is 1. The monoisotopic (exact) mass is 386 g/mol. The smallest absolute Gasteiger partial charge is 0.269 e. The number of hydrazine groups is 1. The molecule has 1 aliphatic rings. The van der Waals surface area contributed by atoms with Gasteiger partial charge in [0.25, 0.3) is 5.91 Å². The summed E-state index contributed by atoms with van der Waals surface area (Å²) < 4.78 is 10.6. The number of hydrogen-bond acceptors (Lipinski definition) is 5. The van der Waals surface area contributed by atoms with Gasteiger partial charge in [0.2, 0.25) is 6.79 Å². The van der Waals surface area contributed by atoms with Crippen molar-refractivity contribution in [1.29, 1.82) is 0 Å². The Hall–Kier alpha value is -3.00. The molecule has 0 spiro atoms. The van der Waals surface area contributed by atoms with Crippen LogP contribution >= 0.6 is 12.2 Å². The number of nitrogens with zero attached hydrogens (tertiary/aromatic N) is 1. The van der Waals surface area contributed by atoms with Crippen LogP contribution in [0.2, 0.25) is 0 Å². The lowest BCUT2D eigenvalue weighted by Crippen LogP contribution is -2.43. The molecule has 0 aromatic heterocycles. The maximum Gasteiger partial charge on any atom is 0.269 e. The Morgan fingerprint density at radius 2 is 1.74 bits per heavy atom. The number of carbonyl (C=O) groups is 1. The van der Waals surface area contributed by atoms with Crippen molar-refractivity contribution >= 4 is 34.6 Å². The number of amides is 1. The van der Waals surface area contributed by atoms with Crippen LogP contribution in [0.25, 0.3) is 0 Å². The lowest BCUT2D eigenvalue weighted by Gasteiger charge is -2.21. The Morgan fingerprint density at radius 3 is 2.44 bits per heavy atom. The van der Waals surface area contributed by atoms with Gasteiger partial charge in [0.15, 0.2) is 16.6 Å². The van der Waals surface area contributed by atoms with E-state index in [1.54, 1.807) is 24.3 Å². The average molecular weight is 386 g/mol. The molecule has 2 aromatic carbocycles. The van der Waals surface area contributed by atoms with Crippen LogP contribution in [-0.4, -0.2) is 30.9 Å². The molecular weight excluding hydrogens is 364 g/mol. The van der Waals surface area contributed by atoms with E-state index in [-0.39, 0.29) is 17.8 Å². The summed E-state index contributed by atoms with van der Waals surface area (Å²) in [5.41, 5.74) is 7.65. The van der Waals surface area contributed by atoms with Crippen molar-refractivity contribution in [1.82, 2.24) is 10.9 Å². The van der Waals surface area contributed by atoms with Gasteiger partial charge in [0.1, 0.15) is 0 Å². The first-order chi connectivity index (χ1) is 13.1. The van der Waals surface area contributed by atoms with E-state index in [0.29, 0.717) is 17.1 Å². The van der Waals surface area contributed by atoms with Crippen LogP contribution in [-0.2, 0) is 0 Å². The number of hydrogen-bond donors (Lipinski definition) is 3. The van der Waals surface area contributed by atoms with Gasteiger partial charge in [0, 0.05) is 36.1 Å². The number of rotatable bonds is 5. The normalized spacial score (nSPS) is 11.6. The molecule has 0 fully saturated rings. The SMILES string of the molecule is CCN(CC)c1ccc(C(=O)NNC(=S)Nc2ccc3c(c2)OCO3)cc1. The van der Waals surface area contributed by atoms with Crippen molar-refractivity contribution in [3.8, 4) is 11.5 Å². The molecule has 0 saturated heterocycles. The van der Waals surface area contributed by atoms with Crippen molar-refractivity contribution in [3.05, 3.63) is 48.0 Å². The molecule has 0 radical (unpaired) electrons. The third kappa shape index (κ3) is 4.59. The third-order valence-corrected chi connectivity index (χ3v) is 4.38. The first kappa shape index (κ1) is 18.8. The van der Waals surface area contributed by atoms with E-state index >= 15 is 0 Å². The summed E-state index contributed by atoms with van der Waals surface area (Å²) in [6, 6.07) is 12.8. The summed E-state index contributed by atoms with van der Waals surface area (Å²) in [5, 5.41) is 3.25. The van der Waals surface area contributed by atoms with E-state index in [4.69, 9.17) is 21.7 Å². The van der Waals surface area contributed by atoms with Gasteiger partial charge in [-0.3, -0.25) is 15.6 Å². The van der Waals surface area contributed by atoms with Gasteiger partial charge in [-0.2, -0.15) is 0 Å². The number of nitrogens with one attached hydrogen (secondary N) is 3. The standard InChI is InChI=1S/C19H22N4O3S/c1-3-23(4-2)15-8-5-13(6-9-15)18(24)21-22-19(27)20-14-7-10-16-17(11-14)26-12-25-16/h5-11H,3-4,12H2,1-2H3,(H,21,24)(H2,20,22,27). The number of carbonyl (C=O) groups excluding carboxylic acids is 1. The lowest BCUT2D eigenvalue weighted by molar-refractivity contribution is 0.0944. The summed E-state index contributed by atoms with van der Waals surface area (Å²) in [7, 11) is 0. The molecular formula is C19H22N4O3S. The summed E-state index contributed by atoms with van der Waals surface area (Å²) in [4.78, 5) is 14.5. The highest BCUT2D eigenvalue weighted by atomic mass is 32.1. The number of ether oxygens (including phenoxy) is 2. The highest BCUT2D eigenvalue weighted by Gasteiger charge is 2.14. The van der Waals surface area contributed by atoms with Gasteiger partial charge in [-0.15, -0.1) is 0 Å². The van der Waals surface area contributed by atoms with Crippen LogP contribution in [0.3, 0.4) is 0 Å². The van der Waals surface area contributed by atoms with Gasteiger partial charge in [0.05, 0.1) is 0 Å². The molecule has 8 heteroatoms. The Balaban J connectivity index is 1.51. The minimum atomic E-state index is -0.268. The molecule has 2 aromatic rings. The van der Waals surface area contributed by atoms with Crippen LogP contribution in [0.4, 0.5) is 11.4 Å². The maximum atomic E-state index is 12.3. The van der Waals surface area contributed by atoms with Crippen LogP contribution in [0.15, 0.2) is 42.5 Å². The Morgan fingerprint density at radius 1 is 1.04 bits per heavy atom. The number of anilines is 2. The topological polar surface area (TPSA) is 74.9 Å². The second-order valence-corrected chi connectivity index (χ2v) is 6.23. The molecule has 7 nitrogen and oxygen atoms in total. The molecule has 0 aliphatic carbocycles. The number of fused-ring (bicyclic) bond motifs is 1. The van der Waals surface area contributed by atoms with Crippen LogP contribution in [0, 0.1) is 0 Å². The van der Waals surface area contributed by atoms with E-state index < -0.39 is 0 Å². The predicted molar refractivity (Wildman–Crippen MR) is 109 cm³/mol. The van der Waals surface area contributed by atoms with E-state index in [1.165, 1.54) is 0 Å². The summed E-state index contributed by atoms with van der Waals surface area (Å²) >= 11 is 5.20. The number of benzene rings is 2. The van der Waals surface area contributed by atoms with Crippen molar-refractivity contribution in [2.75, 3.05) is 30.1 Å². The fourth-order valence-corrected chi connectivity index (χ4v) is 2.90. The van der Waals surface area contributed by atoms with Crippen LogP contribution in [0.1, 0.15) is 24.2 Å². The minimum absolute atomic E-state index is 0.213. The fourth-order valence-electron chi connectivity index (χ4n) is 2.73. The summed E-state index contributed by atoms with van der Waals surface area (Å²) in [6.07, 6.45) is 0. The second-order valence-electron chi connectivity index (χ2n) is 5.82. The Labute approximate surface area is 163 Å². The average Bonchev–Trinajstić information content (AvgIpc) is 3.15. The van der Waals surface area contributed by atoms with Crippen molar-refractivity contribution in [2.24, 2.45) is 0 Å². The van der Waals surface area contributed by atoms with Gasteiger partial charge < -0.3 is 19.7 Å². The Bertz CT molecular complexity index is 822. The zero-order valence-corrected chi connectivity index (χ0v) is 16.1. The molecule has 3 rings (SSSR count). The highest BCUT2D eigenvalue weighted by Crippen LogP contribution is 2.34. The van der Waals surface area contributed by atoms with Crippen molar-refractivity contribution in [2.45, 2.75) is 13.8 Å². The first-order valence-electron chi connectivity index (χ1n) is 8.72. The van der Waals surface area contributed by atoms with Gasteiger partial charge in [-0.05, 0) is 62.5 Å². The molecule has 0 bridgehead atoms. The predicted octanol–water partition coefficient (Wildman–Crippen LogP) is 2.89. The molecule has 1 amide bonds. The minimum Gasteiger partial charge on any atom is -0.454 e. The summed E-state index contributed by atoms with van der Waals surface area (Å²) in [5.74, 6) is 1.08. The first-order valence-corrected chi connectivity index (χ1v) is 9.13. The van der Waals surface area contributed by atoms with Gasteiger partial charge in [-0.1, -0.05) is 0 Å². The lowest BCUT2D eigenvalue weighted by atomic mass is 10.2. The molecule has 0 unspecified atom stereocenters. The fraction of sp³-hybridized carbons (Fsp3) is 0.263. The van der Waals surface area contributed by atoms with Crippen LogP contribution < -0.4 is 30.5 Å². The second kappa shape index (κ2) is 8.59. The zero-order chi connectivity index (χ0) is 19.2. The molecule has 0 atom stereocenters. The molecule has 1 heterocycles. The van der Waals surface area contributed by atoms with Crippen molar-refractivity contribution in [3.63, 3.8) is 0 Å². The molecule has 3 N–H and O–H groups in total. The van der Waals surface area contributed by atoms with Crippen molar-refractivity contribution < 1.29 is 14.3 Å². The van der Waals surface area contributed by atoms with E-state index in [9.17, 15) is 4.79 Å². The largest absolute Gasteiger partial charge is 0.454 e. The van der Waals surface area contributed by atoms with E-state index in [0.717, 1.165) is 24.5 Å². The Kier molecular flexibility index (Phi) is 5.97. The van der Waals surface area contributed by atoms with E-state index in [2.05, 4.69) is 34.9 Å². The van der Waals surface area contributed by atoms with E-state index in [1.807, 2.05) is 18.2 Å². The quantitative estimate of drug-likeness (QED) is 0.539. The van der Waals surface area contributed by atoms with Crippen LogP contribution in [0.5, 0.6) is 11.5 Å².